The van der Waals surface area contributed by atoms with Gasteiger partial charge < -0.3 is 31.0 Å². The van der Waals surface area contributed by atoms with E-state index in [2.05, 4.69) is 109 Å². The summed E-state index contributed by atoms with van der Waals surface area (Å²) >= 11 is 3.36. The summed E-state index contributed by atoms with van der Waals surface area (Å²) in [5.41, 5.74) is 12.2. The number of hydrogen-bond acceptors (Lipinski definition) is 10. The quantitative estimate of drug-likeness (QED) is 0.120. The fourth-order valence-electron chi connectivity index (χ4n) is 10.0. The van der Waals surface area contributed by atoms with Crippen molar-refractivity contribution in [2.75, 3.05) is 18.0 Å². The number of amides is 2. The monoisotopic (exact) mass is 1180 g/mol. The zero-order valence-electron chi connectivity index (χ0n) is 40.1. The summed E-state index contributed by atoms with van der Waals surface area (Å²) in [5, 5.41) is 19.9. The molecule has 362 valence electrons. The predicted molar refractivity (Wildman–Crippen MR) is 269 cm³/mol. The number of aromatic nitrogens is 12. The van der Waals surface area contributed by atoms with Gasteiger partial charge in [0.2, 0.25) is 0 Å². The number of benzene rings is 2. The van der Waals surface area contributed by atoms with Gasteiger partial charge in [-0.3, -0.25) is 14.5 Å². The second kappa shape index (κ2) is 20.0. The van der Waals surface area contributed by atoms with Crippen molar-refractivity contribution in [2.45, 2.75) is 103 Å². The van der Waals surface area contributed by atoms with Crippen molar-refractivity contribution in [3.8, 4) is 34.4 Å². The maximum absolute atomic E-state index is 13.6. The molecule has 10 heterocycles. The minimum Gasteiger partial charge on any atom is -0.358 e. The van der Waals surface area contributed by atoms with Crippen molar-refractivity contribution in [3.63, 3.8) is 0 Å². The smallest absolute Gasteiger partial charge is 0.259 e. The number of rotatable bonds is 7. The molecule has 18 heteroatoms. The van der Waals surface area contributed by atoms with Crippen LogP contribution in [0.25, 0.3) is 34.4 Å². The molecule has 2 fully saturated rings. The number of pyridine rings is 2. The van der Waals surface area contributed by atoms with Crippen LogP contribution in [0.1, 0.15) is 116 Å². The molecule has 0 spiro atoms. The average Bonchev–Trinajstić information content (AvgIpc) is 3.85. The summed E-state index contributed by atoms with van der Waals surface area (Å²) in [4.78, 5) is 45.7. The molecule has 0 saturated heterocycles. The van der Waals surface area contributed by atoms with E-state index in [9.17, 15) is 9.59 Å². The molecule has 16 nitrogen and oxygen atoms in total. The number of carbonyl (C=O) groups excluding carboxylic acids is 2. The largest absolute Gasteiger partial charge is 0.358 e. The molecule has 71 heavy (non-hydrogen) atoms. The van der Waals surface area contributed by atoms with Gasteiger partial charge in [0.05, 0.1) is 35.4 Å². The van der Waals surface area contributed by atoms with E-state index in [0.29, 0.717) is 24.2 Å². The van der Waals surface area contributed by atoms with Crippen LogP contribution in [0.4, 0.5) is 5.82 Å². The van der Waals surface area contributed by atoms with Gasteiger partial charge in [-0.2, -0.15) is 0 Å². The predicted octanol–water partition coefficient (Wildman–Crippen LogP) is 8.70. The summed E-state index contributed by atoms with van der Waals surface area (Å²) in [7, 11) is 0. The van der Waals surface area contributed by atoms with Gasteiger partial charge in [0.25, 0.3) is 11.8 Å². The number of imidazole rings is 2. The standard InChI is InChI=1S/C26H25N7O.C16H17N3O.C10H9BrN4.CH3.W/c1-16-12-18-9-11-33(23-5-2-4-20(28-23)25-30-29-24-6-3-10-32(24)25)26(34)19(18)13-22(16)31-14-21(27-15-31)17-7-8-17;1-10-6-12-4-5-17-16(20)13(12)7-15(10)19-8-14(18-9-19)11-2-3-11;11-8-4-1-3-7(12-8)10-14-13-9-5-2-6-15(9)10;;/h2,4-5,12-15,17H,3,6-11H2,1H3;6-9,11H,2-5H2,1H3,(H,17,20);1,3-4H,2,5-6H2;1H3;/q;;;-1;. The van der Waals surface area contributed by atoms with E-state index in [-0.39, 0.29) is 40.3 Å². The number of anilines is 1. The summed E-state index contributed by atoms with van der Waals surface area (Å²) in [6, 6.07) is 19.9. The normalized spacial score (nSPS) is 16.2. The Balaban J connectivity index is 0.000000134. The van der Waals surface area contributed by atoms with Crippen molar-refractivity contribution in [1.82, 2.24) is 63.9 Å². The number of carbonyl (C=O) groups is 2. The van der Waals surface area contributed by atoms with Crippen LogP contribution < -0.4 is 10.2 Å². The summed E-state index contributed by atoms with van der Waals surface area (Å²) < 4.78 is 9.21. The Morgan fingerprint density at radius 2 is 1.18 bits per heavy atom. The molecular formula is C53H54BrN14O2W-. The SMILES string of the molecule is Brc1cccc(-c2nnc3n2CCC3)n1.Cc1cc2c(cc1-n1cnc(C3CC3)c1)C(=O)N(c1cccc(-c3nnc4n3CCC4)n1)CC2.Cc1cc2c(cc1-n1cnc(C3CC3)c1)C(=O)NCC2.[CH3-].[W]. The second-order valence-electron chi connectivity index (χ2n) is 18.9. The van der Waals surface area contributed by atoms with Crippen molar-refractivity contribution >= 4 is 33.6 Å². The van der Waals surface area contributed by atoms with Gasteiger partial charge in [0, 0.05) is 95.4 Å². The van der Waals surface area contributed by atoms with Gasteiger partial charge in [0.15, 0.2) is 11.6 Å². The van der Waals surface area contributed by atoms with Crippen molar-refractivity contribution in [2.24, 2.45) is 0 Å². The Kier molecular flexibility index (Phi) is 13.6. The number of aryl methyl sites for hydroxylation is 4. The van der Waals surface area contributed by atoms with Gasteiger partial charge in [-0.25, -0.2) is 19.9 Å². The molecular weight excluding hydrogens is 1130 g/mol. The molecule has 2 aromatic carbocycles. The van der Waals surface area contributed by atoms with E-state index < -0.39 is 0 Å². The Hall–Kier alpha value is -6.45. The van der Waals surface area contributed by atoms with E-state index in [4.69, 9.17) is 4.98 Å². The minimum absolute atomic E-state index is 0. The van der Waals surface area contributed by atoms with Gasteiger partial charge in [-0.15, -0.1) is 20.4 Å². The molecule has 1 N–H and O–H groups in total. The third-order valence-corrected chi connectivity index (χ3v) is 14.4. The van der Waals surface area contributed by atoms with E-state index >= 15 is 0 Å². The van der Waals surface area contributed by atoms with Gasteiger partial charge in [-0.1, -0.05) is 24.3 Å². The van der Waals surface area contributed by atoms with E-state index in [1.54, 1.807) is 4.90 Å². The van der Waals surface area contributed by atoms with Gasteiger partial charge >= 0.3 is 0 Å². The second-order valence-corrected chi connectivity index (χ2v) is 19.7. The van der Waals surface area contributed by atoms with Crippen molar-refractivity contribution < 1.29 is 30.7 Å². The molecule has 0 radical (unpaired) electrons. The molecule has 4 aliphatic heterocycles. The number of nitrogens with zero attached hydrogens (tertiary/aromatic N) is 13. The molecule has 2 amide bonds. The van der Waals surface area contributed by atoms with Crippen molar-refractivity contribution in [3.05, 3.63) is 154 Å². The average molecular weight is 1180 g/mol. The van der Waals surface area contributed by atoms with Crippen LogP contribution in [0.5, 0.6) is 0 Å². The molecule has 0 bridgehead atoms. The molecule has 0 unspecified atom stereocenters. The maximum atomic E-state index is 13.6. The Labute approximate surface area is 435 Å². The van der Waals surface area contributed by atoms with Crippen LogP contribution in [-0.2, 0) is 59.8 Å². The number of nitrogens with one attached hydrogen (secondary N) is 1. The van der Waals surface area contributed by atoms with Crippen LogP contribution in [0.3, 0.4) is 0 Å². The molecule has 6 aromatic heterocycles. The minimum atomic E-state index is -0.0128. The van der Waals surface area contributed by atoms with Gasteiger partial charge in [0.1, 0.15) is 33.5 Å². The number of halogens is 1. The number of fused-ring (bicyclic) bond motifs is 4. The molecule has 2 saturated carbocycles. The molecule has 0 atom stereocenters. The molecule has 2 aliphatic carbocycles. The summed E-state index contributed by atoms with van der Waals surface area (Å²) in [5.74, 6) is 5.68. The zero-order valence-corrected chi connectivity index (χ0v) is 44.6. The Morgan fingerprint density at radius 1 is 0.634 bits per heavy atom. The van der Waals surface area contributed by atoms with E-state index in [1.165, 1.54) is 36.9 Å². The van der Waals surface area contributed by atoms with Gasteiger partial charge in [-0.05, 0) is 140 Å². The maximum Gasteiger partial charge on any atom is 0.259 e. The first-order chi connectivity index (χ1) is 33.7. The molecule has 8 aromatic rings. The third kappa shape index (κ3) is 9.58. The fourth-order valence-corrected chi connectivity index (χ4v) is 10.4. The van der Waals surface area contributed by atoms with Crippen LogP contribution in [-0.4, -0.2) is 83.5 Å². The Bertz CT molecular complexity index is 3310. The zero-order chi connectivity index (χ0) is 46.8. The van der Waals surface area contributed by atoms with E-state index in [0.717, 1.165) is 142 Å². The molecule has 14 rings (SSSR count). The van der Waals surface area contributed by atoms with E-state index in [1.807, 2.05) is 65.8 Å². The topological polar surface area (TPSA) is 172 Å². The van der Waals surface area contributed by atoms with Crippen LogP contribution in [0, 0.1) is 21.3 Å². The van der Waals surface area contributed by atoms with Crippen molar-refractivity contribution in [1.29, 1.82) is 0 Å². The van der Waals surface area contributed by atoms with Crippen LogP contribution >= 0.6 is 15.9 Å². The number of hydrogen-bond donors (Lipinski definition) is 1. The third-order valence-electron chi connectivity index (χ3n) is 14.0. The van der Waals surface area contributed by atoms with Crippen LogP contribution in [0.2, 0.25) is 0 Å². The Morgan fingerprint density at radius 3 is 1.76 bits per heavy atom. The molecule has 6 aliphatic rings. The first kappa shape index (κ1) is 48.2. The summed E-state index contributed by atoms with van der Waals surface area (Å²) in [6.45, 7) is 7.46. The van der Waals surface area contributed by atoms with Crippen LogP contribution in [0.15, 0.2) is 90.3 Å². The first-order valence-corrected chi connectivity index (χ1v) is 24.9. The summed E-state index contributed by atoms with van der Waals surface area (Å²) in [6.07, 6.45) is 18.8. The fraction of sp³-hybridized carbons (Fsp3) is 0.340. The first-order valence-electron chi connectivity index (χ1n) is 24.1.